The molecule has 21 heavy (non-hydrogen) atoms. The second kappa shape index (κ2) is 5.58. The summed E-state index contributed by atoms with van der Waals surface area (Å²) in [6.45, 7) is 4.91. The fourth-order valence-corrected chi connectivity index (χ4v) is 4.04. The summed E-state index contributed by atoms with van der Waals surface area (Å²) >= 11 is 0. The van der Waals surface area contributed by atoms with Crippen LogP contribution < -0.4 is 11.3 Å². The van der Waals surface area contributed by atoms with Crippen molar-refractivity contribution in [3.63, 3.8) is 0 Å². The largest absolute Gasteiger partial charge is 0.318 e. The maximum absolute atomic E-state index is 12.6. The third-order valence-corrected chi connectivity index (χ3v) is 5.74. The Morgan fingerprint density at radius 2 is 1.90 bits per heavy atom. The van der Waals surface area contributed by atoms with Crippen molar-refractivity contribution in [1.82, 2.24) is 4.31 Å². The molecule has 9 heteroatoms. The molecule has 2 unspecified atom stereocenters. The number of hydrazine groups is 1. The fraction of sp³-hybridized carbons (Fsp3) is 0.500. The Kier molecular flexibility index (Phi) is 4.17. The minimum Gasteiger partial charge on any atom is -0.318 e. The maximum atomic E-state index is 12.6. The molecule has 0 aliphatic carbocycles. The average Bonchev–Trinajstić information content (AvgIpc) is 2.78. The summed E-state index contributed by atoms with van der Waals surface area (Å²) < 4.78 is 26.5. The molecule has 1 saturated heterocycles. The van der Waals surface area contributed by atoms with Crippen molar-refractivity contribution in [2.24, 2.45) is 17.7 Å². The number of rotatable bonds is 4. The number of nitrogens with zero attached hydrogens (tertiary/aromatic N) is 2. The zero-order valence-electron chi connectivity index (χ0n) is 11.8. The summed E-state index contributed by atoms with van der Waals surface area (Å²) in [5, 5.41) is 10.8. The molecule has 8 nitrogen and oxygen atoms in total. The number of sulfonamides is 1. The Bertz CT molecular complexity index is 651. The molecule has 0 aromatic heterocycles. The van der Waals surface area contributed by atoms with Crippen molar-refractivity contribution in [2.45, 2.75) is 18.7 Å². The highest BCUT2D eigenvalue weighted by atomic mass is 32.2. The van der Waals surface area contributed by atoms with E-state index in [1.54, 1.807) is 0 Å². The summed E-state index contributed by atoms with van der Waals surface area (Å²) in [4.78, 5) is 10.2. The van der Waals surface area contributed by atoms with Crippen LogP contribution in [0.5, 0.6) is 0 Å². The number of nitro groups is 1. The van der Waals surface area contributed by atoms with E-state index in [0.29, 0.717) is 13.1 Å². The van der Waals surface area contributed by atoms with Gasteiger partial charge >= 0.3 is 0 Å². The first-order chi connectivity index (χ1) is 9.77. The highest BCUT2D eigenvalue weighted by Crippen LogP contribution is 2.31. The van der Waals surface area contributed by atoms with Crippen molar-refractivity contribution < 1.29 is 13.3 Å². The first-order valence-electron chi connectivity index (χ1n) is 6.52. The molecule has 0 spiro atoms. The van der Waals surface area contributed by atoms with Gasteiger partial charge in [0.1, 0.15) is 5.69 Å². The molecule has 3 N–H and O–H groups in total. The van der Waals surface area contributed by atoms with Gasteiger partial charge in [-0.25, -0.2) is 8.42 Å². The van der Waals surface area contributed by atoms with Gasteiger partial charge in [0.2, 0.25) is 10.0 Å². The van der Waals surface area contributed by atoms with E-state index in [9.17, 15) is 18.5 Å². The van der Waals surface area contributed by atoms with Crippen LogP contribution in [0.3, 0.4) is 0 Å². The monoisotopic (exact) mass is 314 g/mol. The minimum atomic E-state index is -3.66. The van der Waals surface area contributed by atoms with Crippen LogP contribution in [0.15, 0.2) is 23.1 Å². The van der Waals surface area contributed by atoms with Crippen LogP contribution in [-0.2, 0) is 10.0 Å². The summed E-state index contributed by atoms with van der Waals surface area (Å²) in [6.07, 6.45) is 0. The standard InChI is InChI=1S/C12H18N4O4S/c1-8-6-15(7-9(8)2)21(19,20)10-3-4-12(16(17)18)11(5-10)14-13/h3-5,8-9,14H,6-7,13H2,1-2H3. The second-order valence-electron chi connectivity index (χ2n) is 5.36. The van der Waals surface area contributed by atoms with Crippen molar-refractivity contribution >= 4 is 21.4 Å². The topological polar surface area (TPSA) is 119 Å². The van der Waals surface area contributed by atoms with Gasteiger partial charge in [-0.2, -0.15) is 4.31 Å². The lowest BCUT2D eigenvalue weighted by atomic mass is 10.0. The Morgan fingerprint density at radius 1 is 1.33 bits per heavy atom. The quantitative estimate of drug-likeness (QED) is 0.489. The van der Waals surface area contributed by atoms with Crippen LogP contribution in [-0.4, -0.2) is 30.7 Å². The van der Waals surface area contributed by atoms with E-state index >= 15 is 0 Å². The molecule has 2 atom stereocenters. The molecule has 0 saturated carbocycles. The molecule has 116 valence electrons. The number of anilines is 1. The van der Waals surface area contributed by atoms with Crippen LogP contribution in [0.25, 0.3) is 0 Å². The van der Waals surface area contributed by atoms with Crippen molar-refractivity contribution in [3.8, 4) is 0 Å². The zero-order valence-corrected chi connectivity index (χ0v) is 12.6. The van der Waals surface area contributed by atoms with Gasteiger partial charge < -0.3 is 5.43 Å². The normalized spacial score (nSPS) is 23.2. The van der Waals surface area contributed by atoms with E-state index in [2.05, 4.69) is 5.43 Å². The van der Waals surface area contributed by atoms with Gasteiger partial charge in [-0.1, -0.05) is 13.8 Å². The summed E-state index contributed by atoms with van der Waals surface area (Å²) in [7, 11) is -3.66. The van der Waals surface area contributed by atoms with Gasteiger partial charge in [0, 0.05) is 19.2 Å². The highest BCUT2D eigenvalue weighted by molar-refractivity contribution is 7.89. The van der Waals surface area contributed by atoms with Gasteiger partial charge in [-0.05, 0) is 24.0 Å². The number of nitro benzene ring substituents is 1. The van der Waals surface area contributed by atoms with Gasteiger partial charge in [0.25, 0.3) is 5.69 Å². The predicted octanol–water partition coefficient (Wildman–Crippen LogP) is 1.16. The number of hydrogen-bond acceptors (Lipinski definition) is 6. The van der Waals surface area contributed by atoms with E-state index in [1.807, 2.05) is 13.8 Å². The van der Waals surface area contributed by atoms with Gasteiger partial charge in [-0.15, -0.1) is 0 Å². The molecule has 1 heterocycles. The third kappa shape index (κ3) is 2.85. The van der Waals surface area contributed by atoms with E-state index in [0.717, 1.165) is 6.07 Å². The molecule has 0 radical (unpaired) electrons. The lowest BCUT2D eigenvalue weighted by Crippen LogP contribution is -2.29. The van der Waals surface area contributed by atoms with Crippen LogP contribution in [0.4, 0.5) is 11.4 Å². The van der Waals surface area contributed by atoms with E-state index < -0.39 is 14.9 Å². The molecule has 1 fully saturated rings. The molecular formula is C12H18N4O4S. The number of hydrogen-bond donors (Lipinski definition) is 2. The third-order valence-electron chi connectivity index (χ3n) is 3.91. The molecule has 1 aliphatic rings. The Morgan fingerprint density at radius 3 is 2.38 bits per heavy atom. The summed E-state index contributed by atoms with van der Waals surface area (Å²) in [5.74, 6) is 5.80. The summed E-state index contributed by atoms with van der Waals surface area (Å²) in [5.41, 5.74) is 1.88. The molecule has 1 aromatic rings. The first-order valence-corrected chi connectivity index (χ1v) is 7.96. The lowest BCUT2D eigenvalue weighted by molar-refractivity contribution is -0.384. The maximum Gasteiger partial charge on any atom is 0.293 e. The van der Waals surface area contributed by atoms with Crippen molar-refractivity contribution in [3.05, 3.63) is 28.3 Å². The molecule has 0 amide bonds. The Labute approximate surface area is 123 Å². The van der Waals surface area contributed by atoms with E-state index in [1.165, 1.54) is 16.4 Å². The number of benzene rings is 1. The molecule has 2 rings (SSSR count). The molecular weight excluding hydrogens is 296 g/mol. The highest BCUT2D eigenvalue weighted by Gasteiger charge is 2.35. The summed E-state index contributed by atoms with van der Waals surface area (Å²) in [6, 6.07) is 3.58. The lowest BCUT2D eigenvalue weighted by Gasteiger charge is -2.16. The van der Waals surface area contributed by atoms with Gasteiger partial charge in [0.05, 0.1) is 9.82 Å². The smallest absolute Gasteiger partial charge is 0.293 e. The molecule has 1 aliphatic heterocycles. The SMILES string of the molecule is CC1CN(S(=O)(=O)c2ccc([N+](=O)[O-])c(NN)c2)CC1C. The predicted molar refractivity (Wildman–Crippen MR) is 78.0 cm³/mol. The van der Waals surface area contributed by atoms with Gasteiger partial charge in [-0.3, -0.25) is 16.0 Å². The van der Waals surface area contributed by atoms with Crippen molar-refractivity contribution in [1.29, 1.82) is 0 Å². The first kappa shape index (κ1) is 15.7. The average molecular weight is 314 g/mol. The Balaban J connectivity index is 2.39. The number of nitrogen functional groups attached to an aromatic ring is 1. The van der Waals surface area contributed by atoms with Crippen LogP contribution in [0.2, 0.25) is 0 Å². The van der Waals surface area contributed by atoms with Crippen LogP contribution >= 0.6 is 0 Å². The van der Waals surface area contributed by atoms with Crippen molar-refractivity contribution in [2.75, 3.05) is 18.5 Å². The van der Waals surface area contributed by atoms with Gasteiger partial charge in [0.15, 0.2) is 0 Å². The van der Waals surface area contributed by atoms with E-state index in [4.69, 9.17) is 5.84 Å². The molecule has 1 aromatic carbocycles. The van der Waals surface area contributed by atoms with E-state index in [-0.39, 0.29) is 28.1 Å². The number of nitrogens with two attached hydrogens (primary N) is 1. The second-order valence-corrected chi connectivity index (χ2v) is 7.29. The minimum absolute atomic E-state index is 0.00218. The fourth-order valence-electron chi connectivity index (χ4n) is 2.37. The zero-order chi connectivity index (χ0) is 15.8. The Hall–Kier alpha value is -1.71. The molecule has 0 bridgehead atoms. The van der Waals surface area contributed by atoms with Crippen LogP contribution in [0.1, 0.15) is 13.8 Å². The number of nitrogens with one attached hydrogen (secondary N) is 1. The van der Waals surface area contributed by atoms with Crippen LogP contribution in [0, 0.1) is 22.0 Å².